The van der Waals surface area contributed by atoms with E-state index < -0.39 is 0 Å². The van der Waals surface area contributed by atoms with Crippen molar-refractivity contribution >= 4 is 0 Å². The highest BCUT2D eigenvalue weighted by atomic mass is 16.5. The van der Waals surface area contributed by atoms with Crippen molar-refractivity contribution < 1.29 is 4.74 Å². The molecule has 0 radical (unpaired) electrons. The van der Waals surface area contributed by atoms with Crippen molar-refractivity contribution in [1.82, 2.24) is 5.32 Å². The van der Waals surface area contributed by atoms with Gasteiger partial charge in [-0.3, -0.25) is 0 Å². The molecule has 2 aromatic rings. The first kappa shape index (κ1) is 14.2. The number of nitrogens with one attached hydrogen (secondary N) is 1. The molecule has 110 valence electrons. The first-order valence-electron chi connectivity index (χ1n) is 7.76. The van der Waals surface area contributed by atoms with E-state index in [1.54, 1.807) is 7.11 Å². The molecule has 0 saturated heterocycles. The molecule has 3 rings (SSSR count). The Balaban J connectivity index is 1.73. The lowest BCUT2D eigenvalue weighted by atomic mass is 9.92. The second kappa shape index (κ2) is 6.77. The third kappa shape index (κ3) is 4.08. The molecule has 2 aromatic carbocycles. The summed E-state index contributed by atoms with van der Waals surface area (Å²) in [7, 11) is 1.72. The minimum Gasteiger partial charge on any atom is -0.497 e. The fourth-order valence-electron chi connectivity index (χ4n) is 2.71. The van der Waals surface area contributed by atoms with Crippen LogP contribution in [0, 0.1) is 0 Å². The van der Waals surface area contributed by atoms with Gasteiger partial charge in [-0.05, 0) is 42.5 Å². The first-order chi connectivity index (χ1) is 10.3. The zero-order valence-corrected chi connectivity index (χ0v) is 12.6. The largest absolute Gasteiger partial charge is 0.497 e. The Morgan fingerprint density at radius 1 is 1.10 bits per heavy atom. The normalized spacial score (nSPS) is 15.7. The Kier molecular flexibility index (Phi) is 4.56. The van der Waals surface area contributed by atoms with Gasteiger partial charge in [-0.15, -0.1) is 0 Å². The van der Waals surface area contributed by atoms with Crippen LogP contribution in [0.3, 0.4) is 0 Å². The monoisotopic (exact) mass is 281 g/mol. The molecule has 1 aliphatic rings. The van der Waals surface area contributed by atoms with Gasteiger partial charge in [-0.25, -0.2) is 0 Å². The highest BCUT2D eigenvalue weighted by Crippen LogP contribution is 2.25. The van der Waals surface area contributed by atoms with Crippen molar-refractivity contribution in [1.29, 1.82) is 0 Å². The number of hydrogen-bond acceptors (Lipinski definition) is 2. The highest BCUT2D eigenvalue weighted by molar-refractivity contribution is 5.31. The van der Waals surface area contributed by atoms with Crippen LogP contribution in [-0.4, -0.2) is 19.7 Å². The zero-order chi connectivity index (χ0) is 14.5. The van der Waals surface area contributed by atoms with Crippen LogP contribution in [0.15, 0.2) is 54.6 Å². The number of rotatable bonds is 7. The molecule has 0 spiro atoms. The zero-order valence-electron chi connectivity index (χ0n) is 12.6. The van der Waals surface area contributed by atoms with E-state index in [0.717, 1.165) is 24.8 Å². The molecule has 1 aliphatic carbocycles. The Morgan fingerprint density at radius 3 is 2.62 bits per heavy atom. The molecule has 2 heteroatoms. The highest BCUT2D eigenvalue weighted by Gasteiger charge is 2.22. The second-order valence-corrected chi connectivity index (χ2v) is 5.85. The van der Waals surface area contributed by atoms with Crippen molar-refractivity contribution in [2.45, 2.75) is 31.2 Å². The van der Waals surface area contributed by atoms with Crippen molar-refractivity contribution in [2.24, 2.45) is 0 Å². The van der Waals surface area contributed by atoms with Gasteiger partial charge in [0, 0.05) is 18.5 Å². The van der Waals surface area contributed by atoms with E-state index in [2.05, 4.69) is 53.8 Å². The summed E-state index contributed by atoms with van der Waals surface area (Å²) in [6.07, 6.45) is 3.71. The molecular formula is C19H23NO. The van der Waals surface area contributed by atoms with Gasteiger partial charge in [-0.1, -0.05) is 42.5 Å². The third-order valence-electron chi connectivity index (χ3n) is 4.12. The van der Waals surface area contributed by atoms with Crippen molar-refractivity contribution in [3.63, 3.8) is 0 Å². The van der Waals surface area contributed by atoms with Gasteiger partial charge in [0.1, 0.15) is 5.75 Å². The molecule has 0 amide bonds. The average molecular weight is 281 g/mol. The predicted octanol–water partition coefficient (Wildman–Crippen LogP) is 3.77. The lowest BCUT2D eigenvalue weighted by Crippen LogP contribution is -2.24. The average Bonchev–Trinajstić information content (AvgIpc) is 3.37. The Bertz CT molecular complexity index is 563. The van der Waals surface area contributed by atoms with E-state index in [9.17, 15) is 0 Å². The van der Waals surface area contributed by atoms with Gasteiger partial charge in [0.25, 0.3) is 0 Å². The number of ether oxygens (including phenoxy) is 1. The Labute approximate surface area is 127 Å². The molecule has 1 saturated carbocycles. The molecule has 0 bridgehead atoms. The van der Waals surface area contributed by atoms with E-state index in [1.807, 2.05) is 6.07 Å². The minimum absolute atomic E-state index is 0.513. The van der Waals surface area contributed by atoms with E-state index >= 15 is 0 Å². The molecule has 1 atom stereocenters. The smallest absolute Gasteiger partial charge is 0.119 e. The quantitative estimate of drug-likeness (QED) is 0.834. The van der Waals surface area contributed by atoms with Crippen LogP contribution in [0.5, 0.6) is 5.75 Å². The fraction of sp³-hybridized carbons (Fsp3) is 0.368. The maximum Gasteiger partial charge on any atom is 0.119 e. The van der Waals surface area contributed by atoms with Crippen molar-refractivity contribution in [2.75, 3.05) is 13.7 Å². The van der Waals surface area contributed by atoms with Crippen molar-refractivity contribution in [3.05, 3.63) is 65.7 Å². The topological polar surface area (TPSA) is 21.3 Å². The van der Waals surface area contributed by atoms with E-state index in [4.69, 9.17) is 4.74 Å². The summed E-state index contributed by atoms with van der Waals surface area (Å²) in [5.41, 5.74) is 2.74. The summed E-state index contributed by atoms with van der Waals surface area (Å²) in [5, 5.41) is 3.67. The molecular weight excluding hydrogens is 258 g/mol. The van der Waals surface area contributed by atoms with Crippen LogP contribution in [0.4, 0.5) is 0 Å². The Hall–Kier alpha value is -1.80. The molecule has 2 nitrogen and oxygen atoms in total. The van der Waals surface area contributed by atoms with Gasteiger partial charge in [0.15, 0.2) is 0 Å². The third-order valence-corrected chi connectivity index (χ3v) is 4.12. The molecule has 1 N–H and O–H groups in total. The summed E-state index contributed by atoms with van der Waals surface area (Å²) in [4.78, 5) is 0. The molecule has 1 fully saturated rings. The van der Waals surface area contributed by atoms with E-state index in [-0.39, 0.29) is 0 Å². The van der Waals surface area contributed by atoms with Crippen LogP contribution in [0.25, 0.3) is 0 Å². The molecule has 0 heterocycles. The standard InChI is InChI=1S/C19H23NO/c1-21-19-9-5-6-15(13-19)12-17(14-20-18-10-11-18)16-7-3-2-4-8-16/h2-9,13,17-18,20H,10-12,14H2,1H3. The lowest BCUT2D eigenvalue weighted by Gasteiger charge is -2.18. The SMILES string of the molecule is COc1cccc(CC(CNC2CC2)c2ccccc2)c1. The maximum absolute atomic E-state index is 5.33. The predicted molar refractivity (Wildman–Crippen MR) is 86.9 cm³/mol. The second-order valence-electron chi connectivity index (χ2n) is 5.85. The Morgan fingerprint density at radius 2 is 1.90 bits per heavy atom. The molecule has 0 aromatic heterocycles. The lowest BCUT2D eigenvalue weighted by molar-refractivity contribution is 0.414. The fourth-order valence-corrected chi connectivity index (χ4v) is 2.71. The van der Waals surface area contributed by atoms with Crippen LogP contribution >= 0.6 is 0 Å². The summed E-state index contributed by atoms with van der Waals surface area (Å²) < 4.78 is 5.33. The summed E-state index contributed by atoms with van der Waals surface area (Å²) >= 11 is 0. The summed E-state index contributed by atoms with van der Waals surface area (Å²) in [5.74, 6) is 1.45. The van der Waals surface area contributed by atoms with Gasteiger partial charge in [-0.2, -0.15) is 0 Å². The first-order valence-corrected chi connectivity index (χ1v) is 7.76. The van der Waals surface area contributed by atoms with Gasteiger partial charge >= 0.3 is 0 Å². The van der Waals surface area contributed by atoms with E-state index in [0.29, 0.717) is 5.92 Å². The number of benzene rings is 2. The van der Waals surface area contributed by atoms with Crippen LogP contribution in [-0.2, 0) is 6.42 Å². The van der Waals surface area contributed by atoms with Crippen molar-refractivity contribution in [3.8, 4) is 5.75 Å². The van der Waals surface area contributed by atoms with E-state index in [1.165, 1.54) is 24.0 Å². The van der Waals surface area contributed by atoms with Crippen LogP contribution in [0.1, 0.15) is 29.9 Å². The van der Waals surface area contributed by atoms with Crippen LogP contribution in [0.2, 0.25) is 0 Å². The minimum atomic E-state index is 0.513. The maximum atomic E-state index is 5.33. The molecule has 21 heavy (non-hydrogen) atoms. The number of hydrogen-bond donors (Lipinski definition) is 1. The van der Waals surface area contributed by atoms with Crippen LogP contribution < -0.4 is 10.1 Å². The molecule has 1 unspecified atom stereocenters. The molecule has 0 aliphatic heterocycles. The van der Waals surface area contributed by atoms with Gasteiger partial charge in [0.2, 0.25) is 0 Å². The summed E-state index contributed by atoms with van der Waals surface area (Å²) in [6.45, 7) is 1.05. The van der Waals surface area contributed by atoms with Gasteiger partial charge in [0.05, 0.1) is 7.11 Å². The summed E-state index contributed by atoms with van der Waals surface area (Å²) in [6, 6.07) is 20.0. The van der Waals surface area contributed by atoms with Gasteiger partial charge < -0.3 is 10.1 Å². The number of methoxy groups -OCH3 is 1.